The zero-order valence-corrected chi connectivity index (χ0v) is 8.76. The van der Waals surface area contributed by atoms with Gasteiger partial charge in [-0.25, -0.2) is 15.2 Å². The molecule has 0 saturated carbocycles. The van der Waals surface area contributed by atoms with E-state index in [-0.39, 0.29) is 6.09 Å². The molecule has 1 atom stereocenters. The summed E-state index contributed by atoms with van der Waals surface area (Å²) in [4.78, 5) is 11.4. The zero-order valence-electron chi connectivity index (χ0n) is 8.76. The number of hydrogen-bond acceptors (Lipinski definition) is 3. The van der Waals surface area contributed by atoms with Crippen molar-refractivity contribution in [2.75, 3.05) is 13.1 Å². The highest BCUT2D eigenvalue weighted by molar-refractivity contribution is 5.67. The number of amides is 1. The Morgan fingerprint density at radius 3 is 2.54 bits per heavy atom. The van der Waals surface area contributed by atoms with Crippen molar-refractivity contribution >= 4 is 6.09 Å². The molecule has 76 valence electrons. The van der Waals surface area contributed by atoms with Gasteiger partial charge in [-0.15, -0.1) is 0 Å². The summed E-state index contributed by atoms with van der Waals surface area (Å²) in [6.45, 7) is 9.27. The number of carbonyl (C=O) groups is 1. The molecule has 13 heavy (non-hydrogen) atoms. The quantitative estimate of drug-likeness (QED) is 0.621. The van der Waals surface area contributed by atoms with E-state index in [2.05, 4.69) is 12.3 Å². The van der Waals surface area contributed by atoms with Gasteiger partial charge < -0.3 is 4.74 Å². The molecular formula is C9H18N2O2. The minimum Gasteiger partial charge on any atom is -0.443 e. The van der Waals surface area contributed by atoms with Gasteiger partial charge in [0, 0.05) is 13.1 Å². The van der Waals surface area contributed by atoms with E-state index in [1.165, 1.54) is 5.01 Å². The summed E-state index contributed by atoms with van der Waals surface area (Å²) in [5.41, 5.74) is 2.58. The number of carbonyl (C=O) groups excluding carboxylic acids is 1. The molecule has 0 aromatic heterocycles. The molecule has 1 heterocycles. The Morgan fingerprint density at radius 2 is 2.15 bits per heavy atom. The average molecular weight is 186 g/mol. The van der Waals surface area contributed by atoms with Crippen LogP contribution in [0.4, 0.5) is 4.79 Å². The van der Waals surface area contributed by atoms with E-state index in [9.17, 15) is 4.79 Å². The van der Waals surface area contributed by atoms with Crippen molar-refractivity contribution < 1.29 is 9.53 Å². The molecule has 0 aromatic rings. The maximum Gasteiger partial charge on any atom is 0.424 e. The lowest BCUT2D eigenvalue weighted by atomic mass is 10.2. The predicted molar refractivity (Wildman–Crippen MR) is 50.1 cm³/mol. The fourth-order valence-corrected chi connectivity index (χ4v) is 1.16. The third kappa shape index (κ3) is 3.22. The number of rotatable bonds is 0. The molecule has 1 saturated heterocycles. The standard InChI is InChI=1S/C9H18N2O2/c1-7-5-10-11(6-7)8(12)13-9(2,3)4/h7,10H,5-6H2,1-4H3. The summed E-state index contributed by atoms with van der Waals surface area (Å²) in [7, 11) is 0. The summed E-state index contributed by atoms with van der Waals surface area (Å²) >= 11 is 0. The molecule has 1 fully saturated rings. The van der Waals surface area contributed by atoms with Crippen molar-refractivity contribution in [2.24, 2.45) is 5.92 Å². The Kier molecular flexibility index (Phi) is 2.81. The van der Waals surface area contributed by atoms with Crippen molar-refractivity contribution in [1.29, 1.82) is 0 Å². The van der Waals surface area contributed by atoms with E-state index in [1.54, 1.807) is 0 Å². The van der Waals surface area contributed by atoms with Crippen molar-refractivity contribution in [2.45, 2.75) is 33.3 Å². The molecule has 1 unspecified atom stereocenters. The second-order valence-corrected chi connectivity index (χ2v) is 4.56. The number of nitrogens with zero attached hydrogens (tertiary/aromatic N) is 1. The molecule has 1 aliphatic heterocycles. The van der Waals surface area contributed by atoms with Crippen LogP contribution in [-0.4, -0.2) is 29.8 Å². The smallest absolute Gasteiger partial charge is 0.424 e. The zero-order chi connectivity index (χ0) is 10.1. The van der Waals surface area contributed by atoms with E-state index < -0.39 is 5.60 Å². The van der Waals surface area contributed by atoms with Crippen LogP contribution in [0.15, 0.2) is 0 Å². The van der Waals surface area contributed by atoms with Crippen LogP contribution in [0.1, 0.15) is 27.7 Å². The number of hydrazine groups is 1. The first-order valence-corrected chi connectivity index (χ1v) is 4.62. The fourth-order valence-electron chi connectivity index (χ4n) is 1.16. The van der Waals surface area contributed by atoms with Crippen molar-refractivity contribution in [3.63, 3.8) is 0 Å². The van der Waals surface area contributed by atoms with E-state index >= 15 is 0 Å². The molecule has 0 spiro atoms. The highest BCUT2D eigenvalue weighted by Crippen LogP contribution is 2.12. The predicted octanol–water partition coefficient (Wildman–Crippen LogP) is 1.38. The highest BCUT2D eigenvalue weighted by Gasteiger charge is 2.27. The van der Waals surface area contributed by atoms with Gasteiger partial charge in [0.25, 0.3) is 0 Å². The van der Waals surface area contributed by atoms with Crippen LogP contribution in [0.25, 0.3) is 0 Å². The third-order valence-electron chi connectivity index (χ3n) is 1.74. The number of ether oxygens (including phenoxy) is 1. The summed E-state index contributed by atoms with van der Waals surface area (Å²) in [5.74, 6) is 0.507. The maximum atomic E-state index is 11.4. The second kappa shape index (κ2) is 3.54. The van der Waals surface area contributed by atoms with Gasteiger partial charge in [-0.1, -0.05) is 6.92 Å². The molecule has 0 radical (unpaired) electrons. The van der Waals surface area contributed by atoms with E-state index in [4.69, 9.17) is 4.74 Å². The second-order valence-electron chi connectivity index (χ2n) is 4.56. The Balaban J connectivity index is 2.41. The minimum absolute atomic E-state index is 0.281. The molecular weight excluding hydrogens is 168 g/mol. The van der Waals surface area contributed by atoms with Gasteiger partial charge in [0.15, 0.2) is 0 Å². The SMILES string of the molecule is CC1CNN(C(=O)OC(C)(C)C)C1. The van der Waals surface area contributed by atoms with Crippen LogP contribution in [0.5, 0.6) is 0 Å². The lowest BCUT2D eigenvalue weighted by molar-refractivity contribution is 0.0206. The van der Waals surface area contributed by atoms with Crippen molar-refractivity contribution in [1.82, 2.24) is 10.4 Å². The number of hydrogen-bond donors (Lipinski definition) is 1. The maximum absolute atomic E-state index is 11.4. The molecule has 4 heteroatoms. The average Bonchev–Trinajstić information content (AvgIpc) is 2.31. The first-order valence-electron chi connectivity index (χ1n) is 4.62. The van der Waals surface area contributed by atoms with Gasteiger partial charge >= 0.3 is 6.09 Å². The molecule has 0 aromatic carbocycles. The fraction of sp³-hybridized carbons (Fsp3) is 0.889. The van der Waals surface area contributed by atoms with Crippen LogP contribution in [0.3, 0.4) is 0 Å². The third-order valence-corrected chi connectivity index (χ3v) is 1.74. The summed E-state index contributed by atoms with van der Waals surface area (Å²) < 4.78 is 5.19. The van der Waals surface area contributed by atoms with Gasteiger partial charge in [-0.05, 0) is 26.7 Å². The Morgan fingerprint density at radius 1 is 1.54 bits per heavy atom. The highest BCUT2D eigenvalue weighted by atomic mass is 16.6. The van der Waals surface area contributed by atoms with Gasteiger partial charge in [0.05, 0.1) is 0 Å². The van der Waals surface area contributed by atoms with Crippen LogP contribution in [-0.2, 0) is 4.74 Å². The lowest BCUT2D eigenvalue weighted by Crippen LogP contribution is -2.40. The Bertz CT molecular complexity index is 198. The molecule has 1 N–H and O–H groups in total. The minimum atomic E-state index is -0.412. The molecule has 1 amide bonds. The monoisotopic (exact) mass is 186 g/mol. The van der Waals surface area contributed by atoms with Gasteiger partial charge in [0.1, 0.15) is 5.60 Å². The van der Waals surface area contributed by atoms with Crippen LogP contribution in [0.2, 0.25) is 0 Å². The molecule has 4 nitrogen and oxygen atoms in total. The largest absolute Gasteiger partial charge is 0.443 e. The topological polar surface area (TPSA) is 41.6 Å². The summed E-state index contributed by atoms with van der Waals surface area (Å²) in [6, 6.07) is 0. The van der Waals surface area contributed by atoms with Crippen molar-refractivity contribution in [3.05, 3.63) is 0 Å². The first-order chi connectivity index (χ1) is 5.88. The van der Waals surface area contributed by atoms with Crippen LogP contribution >= 0.6 is 0 Å². The van der Waals surface area contributed by atoms with Gasteiger partial charge in [-0.3, -0.25) is 0 Å². The summed E-state index contributed by atoms with van der Waals surface area (Å²) in [5, 5.41) is 1.54. The van der Waals surface area contributed by atoms with Crippen LogP contribution in [0, 0.1) is 5.92 Å². The van der Waals surface area contributed by atoms with Crippen LogP contribution < -0.4 is 5.43 Å². The molecule has 0 aliphatic carbocycles. The van der Waals surface area contributed by atoms with E-state index in [0.717, 1.165) is 13.1 Å². The Hall–Kier alpha value is -0.770. The van der Waals surface area contributed by atoms with E-state index in [1.807, 2.05) is 20.8 Å². The summed E-state index contributed by atoms with van der Waals surface area (Å²) in [6.07, 6.45) is -0.281. The van der Waals surface area contributed by atoms with E-state index in [0.29, 0.717) is 5.92 Å². The number of nitrogens with one attached hydrogen (secondary N) is 1. The van der Waals surface area contributed by atoms with Gasteiger partial charge in [-0.2, -0.15) is 0 Å². The molecule has 0 bridgehead atoms. The first kappa shape index (κ1) is 10.3. The van der Waals surface area contributed by atoms with Crippen molar-refractivity contribution in [3.8, 4) is 0 Å². The lowest BCUT2D eigenvalue weighted by Gasteiger charge is -2.24. The normalized spacial score (nSPS) is 23.4. The molecule has 1 aliphatic rings. The Labute approximate surface area is 79.2 Å². The van der Waals surface area contributed by atoms with Gasteiger partial charge in [0.2, 0.25) is 0 Å². The molecule has 1 rings (SSSR count).